The van der Waals surface area contributed by atoms with Crippen LogP contribution in [-0.2, 0) is 19.4 Å². The predicted octanol–water partition coefficient (Wildman–Crippen LogP) is 1.04. The van der Waals surface area contributed by atoms with Crippen LogP contribution >= 0.6 is 11.6 Å². The molecule has 0 heterocycles. The van der Waals surface area contributed by atoms with E-state index in [1.54, 1.807) is 6.92 Å². The summed E-state index contributed by atoms with van der Waals surface area (Å²) >= 11 is 5.82. The SMILES string of the molecule is CCNC(=O)COC(=O)c1cc(S(C)(=O)=O)ccc1Cl. The summed E-state index contributed by atoms with van der Waals surface area (Å²) in [5.41, 5.74) is -0.0982. The highest BCUT2D eigenvalue weighted by atomic mass is 35.5. The van der Waals surface area contributed by atoms with E-state index < -0.39 is 28.3 Å². The molecule has 0 aromatic heterocycles. The van der Waals surface area contributed by atoms with E-state index in [0.717, 1.165) is 12.3 Å². The molecule has 1 amide bonds. The number of hydrogen-bond donors (Lipinski definition) is 1. The molecule has 8 heteroatoms. The van der Waals surface area contributed by atoms with E-state index in [9.17, 15) is 18.0 Å². The van der Waals surface area contributed by atoms with Crippen molar-refractivity contribution in [2.75, 3.05) is 19.4 Å². The Morgan fingerprint density at radius 1 is 1.35 bits per heavy atom. The van der Waals surface area contributed by atoms with E-state index in [-0.39, 0.29) is 15.5 Å². The Balaban J connectivity index is 2.90. The van der Waals surface area contributed by atoms with E-state index in [4.69, 9.17) is 16.3 Å². The third-order valence-corrected chi connectivity index (χ3v) is 3.73. The van der Waals surface area contributed by atoms with Gasteiger partial charge in [-0.2, -0.15) is 0 Å². The van der Waals surface area contributed by atoms with E-state index in [0.29, 0.717) is 6.54 Å². The van der Waals surface area contributed by atoms with Crippen molar-refractivity contribution in [3.8, 4) is 0 Å². The van der Waals surface area contributed by atoms with Crippen LogP contribution in [0.15, 0.2) is 23.1 Å². The van der Waals surface area contributed by atoms with Crippen molar-refractivity contribution in [2.45, 2.75) is 11.8 Å². The van der Waals surface area contributed by atoms with Gasteiger partial charge in [-0.25, -0.2) is 13.2 Å². The van der Waals surface area contributed by atoms with Crippen LogP contribution in [0, 0.1) is 0 Å². The Labute approximate surface area is 122 Å². The Morgan fingerprint density at radius 2 is 2.00 bits per heavy atom. The third kappa shape index (κ3) is 4.50. The number of nitrogens with one attached hydrogen (secondary N) is 1. The average Bonchev–Trinajstić information content (AvgIpc) is 2.35. The number of ether oxygens (including phenoxy) is 1. The second-order valence-electron chi connectivity index (χ2n) is 3.94. The number of esters is 1. The topological polar surface area (TPSA) is 89.5 Å². The minimum Gasteiger partial charge on any atom is -0.452 e. The summed E-state index contributed by atoms with van der Waals surface area (Å²) in [6, 6.07) is 3.70. The second-order valence-corrected chi connectivity index (χ2v) is 6.37. The molecule has 110 valence electrons. The molecule has 0 spiro atoms. The number of rotatable bonds is 5. The molecule has 0 bridgehead atoms. The monoisotopic (exact) mass is 319 g/mol. The number of halogens is 1. The normalized spacial score (nSPS) is 10.9. The Morgan fingerprint density at radius 3 is 2.55 bits per heavy atom. The molecule has 1 aromatic rings. The summed E-state index contributed by atoms with van der Waals surface area (Å²) in [7, 11) is -3.46. The molecular weight excluding hydrogens is 306 g/mol. The maximum atomic E-state index is 11.8. The number of carbonyl (C=O) groups is 2. The van der Waals surface area contributed by atoms with Crippen LogP contribution in [-0.4, -0.2) is 39.7 Å². The van der Waals surface area contributed by atoms with Crippen molar-refractivity contribution in [1.82, 2.24) is 5.32 Å². The molecule has 1 aromatic carbocycles. The summed E-state index contributed by atoms with van der Waals surface area (Å²) in [5, 5.41) is 2.51. The maximum absolute atomic E-state index is 11.8. The van der Waals surface area contributed by atoms with Gasteiger partial charge in [0.15, 0.2) is 16.4 Å². The number of amides is 1. The lowest BCUT2D eigenvalue weighted by Gasteiger charge is -2.07. The third-order valence-electron chi connectivity index (χ3n) is 2.29. The fourth-order valence-electron chi connectivity index (χ4n) is 1.35. The molecule has 0 fully saturated rings. The Kier molecular flexibility index (Phi) is 5.52. The maximum Gasteiger partial charge on any atom is 0.340 e. The van der Waals surface area contributed by atoms with Crippen LogP contribution in [0.25, 0.3) is 0 Å². The van der Waals surface area contributed by atoms with E-state index in [2.05, 4.69) is 5.32 Å². The first-order valence-electron chi connectivity index (χ1n) is 5.69. The molecule has 1 rings (SSSR count). The van der Waals surface area contributed by atoms with Crippen LogP contribution in [0.1, 0.15) is 17.3 Å². The summed E-state index contributed by atoms with van der Waals surface area (Å²) in [4.78, 5) is 22.9. The van der Waals surface area contributed by atoms with Crippen LogP contribution in [0.4, 0.5) is 0 Å². The van der Waals surface area contributed by atoms with Crippen molar-refractivity contribution >= 4 is 33.3 Å². The predicted molar refractivity (Wildman–Crippen MR) is 73.5 cm³/mol. The highest BCUT2D eigenvalue weighted by molar-refractivity contribution is 7.90. The zero-order valence-electron chi connectivity index (χ0n) is 11.0. The largest absolute Gasteiger partial charge is 0.452 e. The van der Waals surface area contributed by atoms with Gasteiger partial charge in [0.05, 0.1) is 15.5 Å². The number of benzene rings is 1. The highest BCUT2D eigenvalue weighted by Gasteiger charge is 2.17. The van der Waals surface area contributed by atoms with Crippen molar-refractivity contribution in [1.29, 1.82) is 0 Å². The molecule has 1 N–H and O–H groups in total. The Hall–Kier alpha value is -1.60. The van der Waals surface area contributed by atoms with Gasteiger partial charge in [0.2, 0.25) is 0 Å². The molecule has 0 saturated heterocycles. The Bertz CT molecular complexity index is 627. The zero-order valence-corrected chi connectivity index (χ0v) is 12.5. The molecular formula is C12H14ClNO5S. The fourth-order valence-corrected chi connectivity index (χ4v) is 2.19. The van der Waals surface area contributed by atoms with Gasteiger partial charge in [0.1, 0.15) is 0 Å². The number of carbonyl (C=O) groups excluding carboxylic acids is 2. The van der Waals surface area contributed by atoms with Crippen LogP contribution in [0.3, 0.4) is 0 Å². The quantitative estimate of drug-likeness (QED) is 0.819. The molecule has 0 aliphatic rings. The summed E-state index contributed by atoms with van der Waals surface area (Å²) < 4.78 is 27.6. The number of hydrogen-bond acceptors (Lipinski definition) is 5. The van der Waals surface area contributed by atoms with Gasteiger partial charge in [0, 0.05) is 12.8 Å². The lowest BCUT2D eigenvalue weighted by atomic mass is 10.2. The molecule has 0 aliphatic heterocycles. The molecule has 20 heavy (non-hydrogen) atoms. The van der Waals surface area contributed by atoms with Gasteiger partial charge in [-0.1, -0.05) is 11.6 Å². The fraction of sp³-hybridized carbons (Fsp3) is 0.333. The zero-order chi connectivity index (χ0) is 15.3. The molecule has 0 aliphatic carbocycles. The van der Waals surface area contributed by atoms with E-state index in [1.807, 2.05) is 0 Å². The van der Waals surface area contributed by atoms with Crippen LogP contribution < -0.4 is 5.32 Å². The van der Waals surface area contributed by atoms with Crippen LogP contribution in [0.5, 0.6) is 0 Å². The van der Waals surface area contributed by atoms with Gasteiger partial charge < -0.3 is 10.1 Å². The highest BCUT2D eigenvalue weighted by Crippen LogP contribution is 2.21. The number of sulfone groups is 1. The van der Waals surface area contributed by atoms with Crippen molar-refractivity contribution in [3.63, 3.8) is 0 Å². The van der Waals surface area contributed by atoms with Gasteiger partial charge >= 0.3 is 5.97 Å². The minimum absolute atomic E-state index is 0.0492. The van der Waals surface area contributed by atoms with Gasteiger partial charge in [-0.3, -0.25) is 4.79 Å². The van der Waals surface area contributed by atoms with Crippen molar-refractivity contribution in [2.24, 2.45) is 0 Å². The average molecular weight is 320 g/mol. The first kappa shape index (κ1) is 16.5. The summed E-state index contributed by atoms with van der Waals surface area (Å²) in [6.45, 7) is 1.69. The lowest BCUT2D eigenvalue weighted by Crippen LogP contribution is -2.28. The van der Waals surface area contributed by atoms with Gasteiger partial charge in [-0.15, -0.1) is 0 Å². The van der Waals surface area contributed by atoms with Crippen molar-refractivity contribution in [3.05, 3.63) is 28.8 Å². The van der Waals surface area contributed by atoms with Crippen molar-refractivity contribution < 1.29 is 22.7 Å². The molecule has 0 saturated carbocycles. The van der Waals surface area contributed by atoms with Crippen LogP contribution in [0.2, 0.25) is 5.02 Å². The first-order chi connectivity index (χ1) is 9.25. The summed E-state index contributed by atoms with van der Waals surface area (Å²) in [5.74, 6) is -1.30. The molecule has 6 nitrogen and oxygen atoms in total. The van der Waals surface area contributed by atoms with E-state index >= 15 is 0 Å². The minimum atomic E-state index is -3.46. The summed E-state index contributed by atoms with van der Waals surface area (Å²) in [6.07, 6.45) is 1.01. The second kappa shape index (κ2) is 6.71. The smallest absolute Gasteiger partial charge is 0.340 e. The lowest BCUT2D eigenvalue weighted by molar-refractivity contribution is -0.124. The standard InChI is InChI=1S/C12H14ClNO5S/c1-3-14-11(15)7-19-12(16)9-6-8(20(2,17)18)4-5-10(9)13/h4-6H,3,7H2,1-2H3,(H,14,15). The molecule has 0 unspecified atom stereocenters. The molecule has 0 radical (unpaired) electrons. The van der Waals surface area contributed by atoms with Gasteiger partial charge in [0.25, 0.3) is 5.91 Å². The molecule has 0 atom stereocenters. The first-order valence-corrected chi connectivity index (χ1v) is 7.96. The van der Waals surface area contributed by atoms with Gasteiger partial charge in [-0.05, 0) is 25.1 Å². The van der Waals surface area contributed by atoms with E-state index in [1.165, 1.54) is 12.1 Å². The number of likely N-dealkylation sites (N-methyl/N-ethyl adjacent to an activating group) is 1.